The van der Waals surface area contributed by atoms with Crippen LogP contribution in [-0.4, -0.2) is 36.5 Å². The molecule has 47 heavy (non-hydrogen) atoms. The molecule has 0 amide bonds. The van der Waals surface area contributed by atoms with Crippen molar-refractivity contribution in [3.8, 4) is 0 Å². The van der Waals surface area contributed by atoms with Crippen molar-refractivity contribution in [2.75, 3.05) is 29.6 Å². The number of para-hydroxylation sites is 2. The maximum atomic E-state index is 5.18. The Kier molecular flexibility index (Phi) is 8.27. The highest BCUT2D eigenvalue weighted by molar-refractivity contribution is 6.22. The van der Waals surface area contributed by atoms with E-state index in [4.69, 9.17) is 15.0 Å². The molecule has 7 rings (SSSR count). The van der Waals surface area contributed by atoms with E-state index >= 15 is 0 Å². The molecular formula is C40H39N7. The monoisotopic (exact) mass is 617 g/mol. The summed E-state index contributed by atoms with van der Waals surface area (Å²) in [4.78, 5) is 19.5. The highest BCUT2D eigenvalue weighted by atomic mass is 15.4. The van der Waals surface area contributed by atoms with Crippen LogP contribution < -0.4 is 15.5 Å². The molecular weight excluding hydrogens is 578 g/mol. The van der Waals surface area contributed by atoms with Gasteiger partial charge in [0.15, 0.2) is 5.84 Å². The summed E-state index contributed by atoms with van der Waals surface area (Å²) in [5.74, 6) is 2.46. The van der Waals surface area contributed by atoms with Crippen molar-refractivity contribution in [3.63, 3.8) is 0 Å². The van der Waals surface area contributed by atoms with Crippen molar-refractivity contribution in [3.05, 3.63) is 150 Å². The number of hydrogen-bond donors (Lipinski definition) is 2. The van der Waals surface area contributed by atoms with Crippen LogP contribution in [0.25, 0.3) is 0 Å². The normalized spacial score (nSPS) is 15.4. The zero-order chi connectivity index (χ0) is 32.3. The lowest BCUT2D eigenvalue weighted by Crippen LogP contribution is -2.36. The Morgan fingerprint density at radius 1 is 0.766 bits per heavy atom. The minimum absolute atomic E-state index is 0.447. The predicted molar refractivity (Wildman–Crippen MR) is 198 cm³/mol. The molecule has 0 aromatic heterocycles. The number of aliphatic imine (C=N–C) groups is 3. The number of rotatable bonds is 10. The molecule has 3 aliphatic heterocycles. The quantitative estimate of drug-likeness (QED) is 0.186. The molecule has 7 nitrogen and oxygen atoms in total. The summed E-state index contributed by atoms with van der Waals surface area (Å²) in [7, 11) is 4.10. The summed E-state index contributed by atoms with van der Waals surface area (Å²) in [6, 6.07) is 33.5. The summed E-state index contributed by atoms with van der Waals surface area (Å²) in [6.45, 7) is 4.52. The summed E-state index contributed by atoms with van der Waals surface area (Å²) >= 11 is 0. The lowest BCUT2D eigenvalue weighted by molar-refractivity contribution is 0.617. The van der Waals surface area contributed by atoms with Crippen LogP contribution in [0.3, 0.4) is 0 Å². The first-order chi connectivity index (χ1) is 23.0. The van der Waals surface area contributed by atoms with Crippen LogP contribution in [0.15, 0.2) is 148 Å². The fraction of sp³-hybridized carbons (Fsp3) is 0.175. The third-order valence-corrected chi connectivity index (χ3v) is 8.61. The average molecular weight is 618 g/mol. The predicted octanol–water partition coefficient (Wildman–Crippen LogP) is 9.36. The van der Waals surface area contributed by atoms with Crippen molar-refractivity contribution in [2.45, 2.75) is 32.6 Å². The van der Waals surface area contributed by atoms with Gasteiger partial charge in [-0.05, 0) is 90.7 Å². The standard InChI is InChI=1S/C40H39N7/c1-5-13-27(2)28-20-22-34(35(24-28)41-29-14-8-6-9-15-29)39-44-38-19-12-18-32-26-37(43-40(45-39)47(32)38)33-23-21-31(46(3)4)25-36(33)42-30-16-10-7-11-17-30/h6-12,14-27,41-42H,5,13H2,1-4H3. The topological polar surface area (TPSA) is 67.6 Å². The molecule has 3 aliphatic rings. The molecule has 1 unspecified atom stereocenters. The molecule has 4 aromatic rings. The van der Waals surface area contributed by atoms with Gasteiger partial charge in [-0.3, -0.25) is 4.90 Å². The molecule has 0 spiro atoms. The van der Waals surface area contributed by atoms with Gasteiger partial charge in [0.05, 0.1) is 17.1 Å². The molecule has 0 aliphatic carbocycles. The van der Waals surface area contributed by atoms with Gasteiger partial charge in [0.1, 0.15) is 5.82 Å². The van der Waals surface area contributed by atoms with Crippen LogP contribution in [-0.2, 0) is 0 Å². The fourth-order valence-electron chi connectivity index (χ4n) is 6.08. The van der Waals surface area contributed by atoms with E-state index in [1.165, 1.54) is 5.56 Å². The lowest BCUT2D eigenvalue weighted by atomic mass is 9.94. The molecule has 0 saturated heterocycles. The minimum Gasteiger partial charge on any atom is -0.378 e. The second-order valence-corrected chi connectivity index (χ2v) is 12.2. The number of guanidine groups is 1. The van der Waals surface area contributed by atoms with E-state index in [0.29, 0.717) is 17.7 Å². The second-order valence-electron chi connectivity index (χ2n) is 12.2. The van der Waals surface area contributed by atoms with Crippen molar-refractivity contribution < 1.29 is 0 Å². The van der Waals surface area contributed by atoms with E-state index < -0.39 is 0 Å². The van der Waals surface area contributed by atoms with E-state index in [2.05, 4.69) is 116 Å². The highest BCUT2D eigenvalue weighted by Gasteiger charge is 2.31. The molecule has 4 aromatic carbocycles. The number of anilines is 5. The Bertz CT molecular complexity index is 1980. The van der Waals surface area contributed by atoms with Crippen LogP contribution in [0.4, 0.5) is 28.4 Å². The molecule has 7 heteroatoms. The first-order valence-electron chi connectivity index (χ1n) is 16.2. The van der Waals surface area contributed by atoms with Crippen LogP contribution in [0, 0.1) is 0 Å². The third-order valence-electron chi connectivity index (χ3n) is 8.61. The Hall–Kier alpha value is -5.69. The Balaban J connectivity index is 1.32. The second kappa shape index (κ2) is 13.0. The van der Waals surface area contributed by atoms with Crippen LogP contribution >= 0.6 is 0 Å². The number of amidine groups is 1. The van der Waals surface area contributed by atoms with Gasteiger partial charge in [-0.25, -0.2) is 9.98 Å². The van der Waals surface area contributed by atoms with Crippen molar-refractivity contribution in [1.82, 2.24) is 4.90 Å². The molecule has 0 radical (unpaired) electrons. The SMILES string of the molecule is CCCC(C)c1ccc(C2=NC3=CC=CC4=CC(c5ccc(N(C)C)cc5Nc5ccccc5)=NC(=N2)N43)c(Nc2ccccc2)c1. The summed E-state index contributed by atoms with van der Waals surface area (Å²) < 4.78 is 0. The van der Waals surface area contributed by atoms with Gasteiger partial charge in [-0.2, -0.15) is 4.99 Å². The summed E-state index contributed by atoms with van der Waals surface area (Å²) in [5, 5.41) is 7.29. The third kappa shape index (κ3) is 6.25. The van der Waals surface area contributed by atoms with Gasteiger partial charge in [0.2, 0.25) is 5.96 Å². The Morgan fingerprint density at radius 2 is 1.45 bits per heavy atom. The molecule has 0 bridgehead atoms. The molecule has 1 atom stereocenters. The van der Waals surface area contributed by atoms with E-state index in [1.807, 2.05) is 53.5 Å². The van der Waals surface area contributed by atoms with Gasteiger partial charge >= 0.3 is 0 Å². The van der Waals surface area contributed by atoms with Gasteiger partial charge in [-0.1, -0.05) is 68.8 Å². The maximum absolute atomic E-state index is 5.18. The van der Waals surface area contributed by atoms with Crippen molar-refractivity contribution in [2.24, 2.45) is 15.0 Å². The van der Waals surface area contributed by atoms with Crippen LogP contribution in [0.1, 0.15) is 49.3 Å². The van der Waals surface area contributed by atoms with Gasteiger partial charge in [0, 0.05) is 48.0 Å². The summed E-state index contributed by atoms with van der Waals surface area (Å²) in [5.41, 5.74) is 10.1. The number of allylic oxidation sites excluding steroid dienone is 4. The Labute approximate surface area is 277 Å². The van der Waals surface area contributed by atoms with E-state index in [-0.39, 0.29) is 0 Å². The number of hydrogen-bond acceptors (Lipinski definition) is 7. The van der Waals surface area contributed by atoms with Crippen LogP contribution in [0.5, 0.6) is 0 Å². The lowest BCUT2D eigenvalue weighted by Gasteiger charge is -2.33. The number of benzene rings is 4. The number of nitrogens with one attached hydrogen (secondary N) is 2. The Morgan fingerprint density at radius 3 is 2.13 bits per heavy atom. The van der Waals surface area contributed by atoms with E-state index in [9.17, 15) is 0 Å². The largest absolute Gasteiger partial charge is 0.378 e. The van der Waals surface area contributed by atoms with Gasteiger partial charge < -0.3 is 15.5 Å². The first-order valence-corrected chi connectivity index (χ1v) is 16.2. The first kappa shape index (κ1) is 30.0. The zero-order valence-corrected chi connectivity index (χ0v) is 27.3. The van der Waals surface area contributed by atoms with Crippen molar-refractivity contribution >= 4 is 45.9 Å². The molecule has 0 saturated carbocycles. The van der Waals surface area contributed by atoms with Gasteiger partial charge in [-0.15, -0.1) is 0 Å². The maximum Gasteiger partial charge on any atom is 0.238 e. The van der Waals surface area contributed by atoms with Crippen LogP contribution in [0.2, 0.25) is 0 Å². The highest BCUT2D eigenvalue weighted by Crippen LogP contribution is 2.35. The smallest absolute Gasteiger partial charge is 0.238 e. The molecule has 234 valence electrons. The van der Waals surface area contributed by atoms with E-state index in [1.54, 1.807) is 0 Å². The molecule has 0 fully saturated rings. The molecule has 2 N–H and O–H groups in total. The van der Waals surface area contributed by atoms with Crippen molar-refractivity contribution in [1.29, 1.82) is 0 Å². The average Bonchev–Trinajstić information content (AvgIpc) is 3.09. The van der Waals surface area contributed by atoms with Gasteiger partial charge in [0.25, 0.3) is 0 Å². The summed E-state index contributed by atoms with van der Waals surface area (Å²) in [6.07, 6.45) is 10.5. The fourth-order valence-corrected chi connectivity index (χ4v) is 6.08. The molecule has 3 heterocycles. The minimum atomic E-state index is 0.447. The van der Waals surface area contributed by atoms with E-state index in [0.717, 1.165) is 69.6 Å². The zero-order valence-electron chi connectivity index (χ0n) is 27.3. The number of nitrogens with zero attached hydrogens (tertiary/aromatic N) is 5.